The van der Waals surface area contributed by atoms with Gasteiger partial charge in [-0.05, 0) is 25.4 Å². The molecule has 0 spiro atoms. The first-order chi connectivity index (χ1) is 5.30. The third-order valence-electron chi connectivity index (χ3n) is 2.63. The predicted octanol–water partition coefficient (Wildman–Crippen LogP) is 3.01. The molecule has 12 heavy (non-hydrogen) atoms. The van der Waals surface area contributed by atoms with E-state index in [9.17, 15) is 0 Å². The number of nitrogens with zero attached hydrogens (tertiary/aromatic N) is 1. The lowest BCUT2D eigenvalue weighted by Crippen LogP contribution is -2.43. The third kappa shape index (κ3) is 3.14. The van der Waals surface area contributed by atoms with Crippen molar-refractivity contribution in [3.8, 4) is 0 Å². The molecule has 0 saturated carbocycles. The minimum Gasteiger partial charge on any atom is -0.306 e. The summed E-state index contributed by atoms with van der Waals surface area (Å²) in [5.74, 6) is 0.778. The second kappa shape index (κ2) is 4.27. The zero-order valence-electron chi connectivity index (χ0n) is 9.81. The second-order valence-corrected chi connectivity index (χ2v) is 5.16. The maximum absolute atomic E-state index is 2.36. The fourth-order valence-corrected chi connectivity index (χ4v) is 2.36. The maximum atomic E-state index is 2.36. The Bertz CT molecular complexity index is 121. The van der Waals surface area contributed by atoms with Gasteiger partial charge < -0.3 is 4.90 Å². The number of hydrogen-bond donors (Lipinski definition) is 0. The van der Waals surface area contributed by atoms with Gasteiger partial charge in [0.1, 0.15) is 0 Å². The molecular weight excluding hydrogens is 146 g/mol. The molecule has 74 valence electrons. The van der Waals surface area contributed by atoms with E-state index in [0.717, 1.165) is 5.92 Å². The van der Waals surface area contributed by atoms with Crippen LogP contribution in [0.15, 0.2) is 0 Å². The van der Waals surface area contributed by atoms with Gasteiger partial charge in [-0.2, -0.15) is 0 Å². The molecular formula is C11H25N. The summed E-state index contributed by atoms with van der Waals surface area (Å²) in [5, 5.41) is 0. The zero-order valence-corrected chi connectivity index (χ0v) is 9.81. The average molecular weight is 171 g/mol. The molecule has 0 N–H and O–H groups in total. The zero-order chi connectivity index (χ0) is 9.94. The molecule has 0 aliphatic carbocycles. The van der Waals surface area contributed by atoms with Crippen molar-refractivity contribution in [2.75, 3.05) is 14.1 Å². The fourth-order valence-electron chi connectivity index (χ4n) is 2.36. The van der Waals surface area contributed by atoms with Crippen molar-refractivity contribution in [1.82, 2.24) is 4.90 Å². The molecule has 0 rings (SSSR count). The fraction of sp³-hybridized carbons (Fsp3) is 1.00. The first-order valence-corrected chi connectivity index (χ1v) is 4.97. The van der Waals surface area contributed by atoms with Crippen molar-refractivity contribution in [1.29, 1.82) is 0 Å². The standard InChI is InChI=1S/C11H25N/c1-8-9(2)10(12(6)7)11(3,4)5/h9-10H,8H2,1-7H3/t9-,10-/m0/s1. The normalized spacial score (nSPS) is 18.0. The summed E-state index contributed by atoms with van der Waals surface area (Å²) in [6.07, 6.45) is 1.26. The number of rotatable bonds is 3. The van der Waals surface area contributed by atoms with Crippen LogP contribution in [0.2, 0.25) is 0 Å². The SMILES string of the molecule is CC[C@H](C)[C@H](N(C)C)C(C)(C)C. The van der Waals surface area contributed by atoms with Gasteiger partial charge in [-0.15, -0.1) is 0 Å². The number of hydrogen-bond acceptors (Lipinski definition) is 1. The van der Waals surface area contributed by atoms with Crippen LogP contribution in [0.5, 0.6) is 0 Å². The Morgan fingerprint density at radius 2 is 1.58 bits per heavy atom. The third-order valence-corrected chi connectivity index (χ3v) is 2.63. The van der Waals surface area contributed by atoms with Gasteiger partial charge in [0.05, 0.1) is 0 Å². The van der Waals surface area contributed by atoms with E-state index in [-0.39, 0.29) is 0 Å². The molecule has 0 aromatic heterocycles. The molecule has 0 bridgehead atoms. The predicted molar refractivity (Wildman–Crippen MR) is 56.4 cm³/mol. The van der Waals surface area contributed by atoms with E-state index < -0.39 is 0 Å². The van der Waals surface area contributed by atoms with E-state index >= 15 is 0 Å². The van der Waals surface area contributed by atoms with Crippen molar-refractivity contribution in [2.45, 2.75) is 47.1 Å². The van der Waals surface area contributed by atoms with Crippen LogP contribution in [0, 0.1) is 11.3 Å². The molecule has 0 saturated heterocycles. The first kappa shape index (κ1) is 12.0. The summed E-state index contributed by atoms with van der Waals surface area (Å²) in [7, 11) is 4.37. The Labute approximate surface area is 78.1 Å². The van der Waals surface area contributed by atoms with E-state index in [0.29, 0.717) is 11.5 Å². The lowest BCUT2D eigenvalue weighted by atomic mass is 9.78. The average Bonchev–Trinajstić information content (AvgIpc) is 1.83. The first-order valence-electron chi connectivity index (χ1n) is 4.97. The minimum absolute atomic E-state index is 0.388. The molecule has 0 radical (unpaired) electrons. The molecule has 0 aromatic rings. The highest BCUT2D eigenvalue weighted by atomic mass is 15.1. The lowest BCUT2D eigenvalue weighted by molar-refractivity contribution is 0.0983. The van der Waals surface area contributed by atoms with Gasteiger partial charge in [-0.1, -0.05) is 41.0 Å². The van der Waals surface area contributed by atoms with Crippen molar-refractivity contribution in [2.24, 2.45) is 11.3 Å². The van der Waals surface area contributed by atoms with E-state index in [1.165, 1.54) is 6.42 Å². The van der Waals surface area contributed by atoms with Crippen molar-refractivity contribution in [3.05, 3.63) is 0 Å². The summed E-state index contributed by atoms with van der Waals surface area (Å²) in [4.78, 5) is 2.36. The van der Waals surface area contributed by atoms with Gasteiger partial charge >= 0.3 is 0 Å². The van der Waals surface area contributed by atoms with E-state index in [4.69, 9.17) is 0 Å². The molecule has 0 aliphatic heterocycles. The highest BCUT2D eigenvalue weighted by molar-refractivity contribution is 4.83. The van der Waals surface area contributed by atoms with Gasteiger partial charge in [-0.3, -0.25) is 0 Å². The van der Waals surface area contributed by atoms with Crippen molar-refractivity contribution >= 4 is 0 Å². The summed E-state index contributed by atoms with van der Waals surface area (Å²) >= 11 is 0. The van der Waals surface area contributed by atoms with Crippen LogP contribution >= 0.6 is 0 Å². The maximum Gasteiger partial charge on any atom is 0.0163 e. The Hall–Kier alpha value is -0.0400. The molecule has 1 nitrogen and oxygen atoms in total. The minimum atomic E-state index is 0.388. The molecule has 0 heterocycles. The highest BCUT2D eigenvalue weighted by Crippen LogP contribution is 2.29. The Balaban J connectivity index is 4.44. The largest absolute Gasteiger partial charge is 0.306 e. The monoisotopic (exact) mass is 171 g/mol. The van der Waals surface area contributed by atoms with Gasteiger partial charge in [-0.25, -0.2) is 0 Å². The molecule has 0 aromatic carbocycles. The molecule has 0 aliphatic rings. The molecule has 0 amide bonds. The summed E-state index contributed by atoms with van der Waals surface area (Å²) in [6, 6.07) is 0.683. The van der Waals surface area contributed by atoms with Crippen LogP contribution in [0.25, 0.3) is 0 Å². The topological polar surface area (TPSA) is 3.24 Å². The Kier molecular flexibility index (Phi) is 4.25. The van der Waals surface area contributed by atoms with Crippen LogP contribution < -0.4 is 0 Å². The van der Waals surface area contributed by atoms with Gasteiger partial charge in [0.2, 0.25) is 0 Å². The molecule has 2 atom stereocenters. The molecule has 1 heteroatoms. The molecule has 0 fully saturated rings. The summed E-state index contributed by atoms with van der Waals surface area (Å²) < 4.78 is 0. The van der Waals surface area contributed by atoms with Crippen molar-refractivity contribution < 1.29 is 0 Å². The van der Waals surface area contributed by atoms with E-state index in [1.54, 1.807) is 0 Å². The van der Waals surface area contributed by atoms with Crippen molar-refractivity contribution in [3.63, 3.8) is 0 Å². The van der Waals surface area contributed by atoms with E-state index in [2.05, 4.69) is 53.6 Å². The van der Waals surface area contributed by atoms with Crippen LogP contribution in [0.1, 0.15) is 41.0 Å². The lowest BCUT2D eigenvalue weighted by Gasteiger charge is -2.40. The van der Waals surface area contributed by atoms with Crippen LogP contribution in [-0.2, 0) is 0 Å². The smallest absolute Gasteiger partial charge is 0.0163 e. The van der Waals surface area contributed by atoms with Crippen LogP contribution in [0.4, 0.5) is 0 Å². The highest BCUT2D eigenvalue weighted by Gasteiger charge is 2.30. The van der Waals surface area contributed by atoms with E-state index in [1.807, 2.05) is 0 Å². The summed E-state index contributed by atoms with van der Waals surface area (Å²) in [6.45, 7) is 11.6. The second-order valence-electron chi connectivity index (χ2n) is 5.16. The van der Waals surface area contributed by atoms with Crippen LogP contribution in [0.3, 0.4) is 0 Å². The van der Waals surface area contributed by atoms with Gasteiger partial charge in [0.15, 0.2) is 0 Å². The molecule has 0 unspecified atom stereocenters. The van der Waals surface area contributed by atoms with Crippen LogP contribution in [-0.4, -0.2) is 25.0 Å². The van der Waals surface area contributed by atoms with Gasteiger partial charge in [0, 0.05) is 6.04 Å². The van der Waals surface area contributed by atoms with Gasteiger partial charge in [0.25, 0.3) is 0 Å². The summed E-state index contributed by atoms with van der Waals surface area (Å²) in [5.41, 5.74) is 0.388. The Morgan fingerprint density at radius 1 is 1.17 bits per heavy atom. The quantitative estimate of drug-likeness (QED) is 0.631. The Morgan fingerprint density at radius 3 is 1.67 bits per heavy atom.